The molecule has 1 heterocycles. The summed E-state index contributed by atoms with van der Waals surface area (Å²) in [7, 11) is -3.42. The fourth-order valence-electron chi connectivity index (χ4n) is 1.16. The third kappa shape index (κ3) is 1.82. The molecule has 2 aromatic rings. The number of hydrogen-bond acceptors (Lipinski definition) is 3. The van der Waals surface area contributed by atoms with Gasteiger partial charge in [-0.1, -0.05) is 11.6 Å². The van der Waals surface area contributed by atoms with Crippen LogP contribution in [0.4, 0.5) is 4.39 Å². The first-order chi connectivity index (χ1) is 6.88. The van der Waals surface area contributed by atoms with Gasteiger partial charge in [0.1, 0.15) is 5.82 Å². The van der Waals surface area contributed by atoms with E-state index in [1.807, 2.05) is 0 Å². The summed E-state index contributed by atoms with van der Waals surface area (Å²) >= 11 is 5.53. The van der Waals surface area contributed by atoms with Crippen molar-refractivity contribution in [2.24, 2.45) is 0 Å². The van der Waals surface area contributed by atoms with Crippen LogP contribution in [0.15, 0.2) is 17.3 Å². The molecule has 0 bridgehead atoms. The van der Waals surface area contributed by atoms with Crippen molar-refractivity contribution >= 4 is 32.5 Å². The number of benzene rings is 1. The van der Waals surface area contributed by atoms with E-state index in [1.165, 1.54) is 6.07 Å². The lowest BCUT2D eigenvalue weighted by Crippen LogP contribution is -1.98. The topological polar surface area (TPSA) is 62.8 Å². The Labute approximate surface area is 90.0 Å². The lowest BCUT2D eigenvalue weighted by atomic mass is 10.3. The Morgan fingerprint density at radius 3 is 2.73 bits per heavy atom. The minimum absolute atomic E-state index is 0.0888. The zero-order valence-corrected chi connectivity index (χ0v) is 9.16. The van der Waals surface area contributed by atoms with E-state index < -0.39 is 15.7 Å². The van der Waals surface area contributed by atoms with Crippen molar-refractivity contribution in [2.75, 3.05) is 6.26 Å². The Kier molecular flexibility index (Phi) is 2.20. The van der Waals surface area contributed by atoms with Crippen molar-refractivity contribution in [3.05, 3.63) is 23.0 Å². The molecule has 1 aromatic heterocycles. The zero-order chi connectivity index (χ0) is 11.2. The van der Waals surface area contributed by atoms with Gasteiger partial charge in [0.05, 0.1) is 16.1 Å². The molecule has 0 aliphatic carbocycles. The Hall–Kier alpha value is -1.14. The predicted octanol–water partition coefficient (Wildman–Crippen LogP) is 1.76. The van der Waals surface area contributed by atoms with Gasteiger partial charge in [0.25, 0.3) is 0 Å². The number of hydrogen-bond donors (Lipinski definition) is 1. The average molecular weight is 249 g/mol. The summed E-state index contributed by atoms with van der Waals surface area (Å²) in [5, 5.41) is -0.284. The van der Waals surface area contributed by atoms with Gasteiger partial charge in [0, 0.05) is 12.3 Å². The van der Waals surface area contributed by atoms with Crippen molar-refractivity contribution in [1.29, 1.82) is 0 Å². The summed E-state index contributed by atoms with van der Waals surface area (Å²) in [6.45, 7) is 0. The second kappa shape index (κ2) is 3.18. The van der Waals surface area contributed by atoms with E-state index in [0.717, 1.165) is 12.3 Å². The van der Waals surface area contributed by atoms with Gasteiger partial charge in [-0.25, -0.2) is 17.8 Å². The van der Waals surface area contributed by atoms with E-state index in [2.05, 4.69) is 9.97 Å². The first kappa shape index (κ1) is 10.4. The summed E-state index contributed by atoms with van der Waals surface area (Å²) in [6, 6.07) is 2.39. The molecule has 80 valence electrons. The zero-order valence-electron chi connectivity index (χ0n) is 7.58. The number of rotatable bonds is 1. The van der Waals surface area contributed by atoms with Crippen molar-refractivity contribution in [3.8, 4) is 0 Å². The van der Waals surface area contributed by atoms with Crippen LogP contribution in [0.25, 0.3) is 11.0 Å². The molecule has 0 saturated heterocycles. The molecule has 15 heavy (non-hydrogen) atoms. The maximum atomic E-state index is 13.0. The quantitative estimate of drug-likeness (QED) is 0.836. The molecule has 0 saturated carbocycles. The predicted molar refractivity (Wildman–Crippen MR) is 54.2 cm³/mol. The van der Waals surface area contributed by atoms with Crippen LogP contribution in [0.1, 0.15) is 0 Å². The SMILES string of the molecule is CS(=O)(=O)c1nc2cc(Cl)c(F)cc2[nH]1. The standard InChI is InChI=1S/C8H6ClFN2O2S/c1-15(13,14)8-11-6-2-4(9)5(10)3-7(6)12-8/h2-3H,1H3,(H,11,12). The molecule has 0 amide bonds. The van der Waals surface area contributed by atoms with Crippen LogP contribution < -0.4 is 0 Å². The molecule has 7 heteroatoms. The number of aromatic nitrogens is 2. The molecule has 0 aliphatic rings. The van der Waals surface area contributed by atoms with Crippen LogP contribution in [0.3, 0.4) is 0 Å². The average Bonchev–Trinajstić information content (AvgIpc) is 2.47. The van der Waals surface area contributed by atoms with E-state index in [-0.39, 0.29) is 10.2 Å². The smallest absolute Gasteiger partial charge is 0.225 e. The third-order valence-electron chi connectivity index (χ3n) is 1.85. The maximum absolute atomic E-state index is 13.0. The number of fused-ring (bicyclic) bond motifs is 1. The molecular weight excluding hydrogens is 243 g/mol. The number of imidazole rings is 1. The molecular formula is C8H6ClFN2O2S. The van der Waals surface area contributed by atoms with E-state index in [9.17, 15) is 12.8 Å². The van der Waals surface area contributed by atoms with Gasteiger partial charge < -0.3 is 4.98 Å². The van der Waals surface area contributed by atoms with Crippen LogP contribution in [-0.2, 0) is 9.84 Å². The molecule has 0 atom stereocenters. The molecule has 0 unspecified atom stereocenters. The van der Waals surface area contributed by atoms with Crippen molar-refractivity contribution in [2.45, 2.75) is 5.16 Å². The van der Waals surface area contributed by atoms with Crippen LogP contribution in [0.2, 0.25) is 5.02 Å². The summed E-state index contributed by atoms with van der Waals surface area (Å²) in [5.41, 5.74) is 0.624. The van der Waals surface area contributed by atoms with Gasteiger partial charge in [-0.2, -0.15) is 0 Å². The van der Waals surface area contributed by atoms with Gasteiger partial charge in [-0.3, -0.25) is 0 Å². The largest absolute Gasteiger partial charge is 0.329 e. The Morgan fingerprint density at radius 2 is 2.13 bits per heavy atom. The van der Waals surface area contributed by atoms with Gasteiger partial charge in [-0.05, 0) is 6.07 Å². The van der Waals surface area contributed by atoms with Crippen LogP contribution in [0.5, 0.6) is 0 Å². The van der Waals surface area contributed by atoms with E-state index in [1.54, 1.807) is 0 Å². The number of halogens is 2. The monoisotopic (exact) mass is 248 g/mol. The highest BCUT2D eigenvalue weighted by molar-refractivity contribution is 7.90. The minimum atomic E-state index is -3.42. The number of nitrogens with zero attached hydrogens (tertiary/aromatic N) is 1. The Bertz CT molecular complexity index is 596. The molecule has 0 fully saturated rings. The summed E-state index contributed by atoms with van der Waals surface area (Å²) in [4.78, 5) is 6.30. The molecule has 2 rings (SSSR count). The number of sulfone groups is 1. The second-order valence-electron chi connectivity index (χ2n) is 3.10. The first-order valence-corrected chi connectivity index (χ1v) is 6.19. The molecule has 0 aliphatic heterocycles. The first-order valence-electron chi connectivity index (χ1n) is 3.93. The molecule has 4 nitrogen and oxygen atoms in total. The van der Waals surface area contributed by atoms with Gasteiger partial charge >= 0.3 is 0 Å². The molecule has 1 aromatic carbocycles. The van der Waals surface area contributed by atoms with Crippen LogP contribution in [-0.4, -0.2) is 24.6 Å². The number of H-pyrrole nitrogens is 1. The second-order valence-corrected chi connectivity index (χ2v) is 5.44. The summed E-state index contributed by atoms with van der Waals surface area (Å²) in [5.74, 6) is -0.618. The lowest BCUT2D eigenvalue weighted by molar-refractivity contribution is 0.595. The molecule has 0 spiro atoms. The highest BCUT2D eigenvalue weighted by atomic mass is 35.5. The lowest BCUT2D eigenvalue weighted by Gasteiger charge is -1.91. The van der Waals surface area contributed by atoms with E-state index in [0.29, 0.717) is 11.0 Å². The maximum Gasteiger partial charge on any atom is 0.225 e. The number of nitrogens with one attached hydrogen (secondary N) is 1. The van der Waals surface area contributed by atoms with Gasteiger partial charge in [-0.15, -0.1) is 0 Å². The fraction of sp³-hybridized carbons (Fsp3) is 0.125. The summed E-state index contributed by atoms with van der Waals surface area (Å²) in [6.07, 6.45) is 1.02. The van der Waals surface area contributed by atoms with Gasteiger partial charge in [0.15, 0.2) is 0 Å². The highest BCUT2D eigenvalue weighted by Crippen LogP contribution is 2.22. The molecule has 1 N–H and O–H groups in total. The van der Waals surface area contributed by atoms with Crippen LogP contribution in [0, 0.1) is 5.82 Å². The van der Waals surface area contributed by atoms with E-state index in [4.69, 9.17) is 11.6 Å². The third-order valence-corrected chi connectivity index (χ3v) is 3.04. The van der Waals surface area contributed by atoms with Crippen molar-refractivity contribution in [1.82, 2.24) is 9.97 Å². The number of aromatic amines is 1. The van der Waals surface area contributed by atoms with E-state index >= 15 is 0 Å². The molecule has 0 radical (unpaired) electrons. The Balaban J connectivity index is 2.77. The highest BCUT2D eigenvalue weighted by Gasteiger charge is 2.14. The van der Waals surface area contributed by atoms with Gasteiger partial charge in [0.2, 0.25) is 15.0 Å². The minimum Gasteiger partial charge on any atom is -0.329 e. The van der Waals surface area contributed by atoms with Crippen LogP contribution >= 0.6 is 11.6 Å². The Morgan fingerprint density at radius 1 is 1.47 bits per heavy atom. The fourth-order valence-corrected chi connectivity index (χ4v) is 1.87. The summed E-state index contributed by atoms with van der Waals surface area (Å²) < 4.78 is 35.3. The van der Waals surface area contributed by atoms with Crippen molar-refractivity contribution < 1.29 is 12.8 Å². The normalized spacial score (nSPS) is 12.2. The van der Waals surface area contributed by atoms with Crippen molar-refractivity contribution in [3.63, 3.8) is 0 Å².